The number of nitriles is 1. The maximum atomic E-state index is 12.3. The van der Waals surface area contributed by atoms with E-state index in [0.29, 0.717) is 11.6 Å². The highest BCUT2D eigenvalue weighted by Crippen LogP contribution is 2.20. The van der Waals surface area contributed by atoms with Crippen LogP contribution < -0.4 is 10.2 Å². The summed E-state index contributed by atoms with van der Waals surface area (Å²) in [6.07, 6.45) is 1.51. The van der Waals surface area contributed by atoms with Gasteiger partial charge < -0.3 is 19.5 Å². The highest BCUT2D eigenvalue weighted by atomic mass is 16.5. The number of aromatic nitrogens is 1. The van der Waals surface area contributed by atoms with Crippen molar-refractivity contribution in [1.82, 2.24) is 4.57 Å². The molecule has 1 aromatic carbocycles. The minimum atomic E-state index is -0.825. The fraction of sp³-hybridized carbons (Fsp3) is 0.375. The molecule has 0 radical (unpaired) electrons. The SMILES string of the molecule is Cc1cc(/C=C(\C#N)C(=O)OCC(=O)Nc2ccc(N(C)C)cc2)c(C)n1CC(C)C. The van der Waals surface area contributed by atoms with Crippen molar-refractivity contribution in [2.24, 2.45) is 5.92 Å². The van der Waals surface area contributed by atoms with Gasteiger partial charge in [-0.15, -0.1) is 0 Å². The van der Waals surface area contributed by atoms with Crippen molar-refractivity contribution in [1.29, 1.82) is 5.26 Å². The van der Waals surface area contributed by atoms with Crippen LogP contribution in [0.4, 0.5) is 11.4 Å². The zero-order valence-electron chi connectivity index (χ0n) is 19.0. The summed E-state index contributed by atoms with van der Waals surface area (Å²) in [6.45, 7) is 8.60. The van der Waals surface area contributed by atoms with Crippen LogP contribution in [-0.2, 0) is 20.9 Å². The minimum Gasteiger partial charge on any atom is -0.451 e. The Morgan fingerprint density at radius 2 is 1.87 bits per heavy atom. The average Bonchev–Trinajstić information content (AvgIpc) is 2.97. The zero-order chi connectivity index (χ0) is 23.1. The maximum Gasteiger partial charge on any atom is 0.349 e. The number of nitrogens with zero attached hydrogens (tertiary/aromatic N) is 3. The lowest BCUT2D eigenvalue weighted by Crippen LogP contribution is -2.21. The molecular weight excluding hydrogens is 392 g/mol. The molecule has 0 spiro atoms. The average molecular weight is 423 g/mol. The van der Waals surface area contributed by atoms with Crippen LogP contribution in [0, 0.1) is 31.1 Å². The Hall–Kier alpha value is -3.53. The molecule has 7 nitrogen and oxygen atoms in total. The fourth-order valence-corrected chi connectivity index (χ4v) is 3.16. The van der Waals surface area contributed by atoms with E-state index in [0.717, 1.165) is 29.2 Å². The number of amides is 1. The van der Waals surface area contributed by atoms with Gasteiger partial charge >= 0.3 is 5.97 Å². The van der Waals surface area contributed by atoms with Gasteiger partial charge in [0.25, 0.3) is 5.91 Å². The monoisotopic (exact) mass is 422 g/mol. The number of aryl methyl sites for hydroxylation is 1. The summed E-state index contributed by atoms with van der Waals surface area (Å²) in [5, 5.41) is 12.1. The molecular formula is C24H30N4O3. The molecule has 2 rings (SSSR count). The van der Waals surface area contributed by atoms with Crippen molar-refractivity contribution >= 4 is 29.3 Å². The molecule has 164 valence electrons. The topological polar surface area (TPSA) is 87.4 Å². The van der Waals surface area contributed by atoms with Crippen LogP contribution >= 0.6 is 0 Å². The van der Waals surface area contributed by atoms with Crippen LogP contribution in [0.2, 0.25) is 0 Å². The third kappa shape index (κ3) is 6.48. The summed E-state index contributed by atoms with van der Waals surface area (Å²) >= 11 is 0. The van der Waals surface area contributed by atoms with Gasteiger partial charge in [-0.1, -0.05) is 13.8 Å². The first-order chi connectivity index (χ1) is 14.6. The van der Waals surface area contributed by atoms with Crippen molar-refractivity contribution in [3.63, 3.8) is 0 Å². The lowest BCUT2D eigenvalue weighted by Gasteiger charge is -2.13. The van der Waals surface area contributed by atoms with Crippen molar-refractivity contribution in [2.75, 3.05) is 30.9 Å². The molecule has 2 aromatic rings. The van der Waals surface area contributed by atoms with Gasteiger partial charge in [-0.2, -0.15) is 5.26 Å². The van der Waals surface area contributed by atoms with E-state index in [1.165, 1.54) is 6.08 Å². The van der Waals surface area contributed by atoms with E-state index in [4.69, 9.17) is 4.74 Å². The Labute approximate surface area is 183 Å². The summed E-state index contributed by atoms with van der Waals surface area (Å²) < 4.78 is 7.21. The Bertz CT molecular complexity index is 1010. The van der Waals surface area contributed by atoms with Crippen molar-refractivity contribution in [3.8, 4) is 6.07 Å². The lowest BCUT2D eigenvalue weighted by atomic mass is 10.1. The maximum absolute atomic E-state index is 12.3. The molecule has 1 heterocycles. The first-order valence-corrected chi connectivity index (χ1v) is 10.1. The number of hydrogen-bond donors (Lipinski definition) is 1. The van der Waals surface area contributed by atoms with Crippen molar-refractivity contribution in [2.45, 2.75) is 34.2 Å². The van der Waals surface area contributed by atoms with Gasteiger partial charge in [0.15, 0.2) is 6.61 Å². The van der Waals surface area contributed by atoms with Gasteiger partial charge in [0, 0.05) is 43.4 Å². The number of ether oxygens (including phenoxy) is 1. The Kier molecular flexibility index (Phi) is 8.03. The summed E-state index contributed by atoms with van der Waals surface area (Å²) in [5.74, 6) is -0.827. The smallest absolute Gasteiger partial charge is 0.349 e. The van der Waals surface area contributed by atoms with Gasteiger partial charge in [-0.05, 0) is 61.7 Å². The van der Waals surface area contributed by atoms with E-state index in [9.17, 15) is 14.9 Å². The number of anilines is 2. The number of hydrogen-bond acceptors (Lipinski definition) is 5. The van der Waals surface area contributed by atoms with E-state index in [-0.39, 0.29) is 5.57 Å². The molecule has 0 bridgehead atoms. The largest absolute Gasteiger partial charge is 0.451 e. The molecule has 0 atom stereocenters. The number of esters is 1. The van der Waals surface area contributed by atoms with E-state index in [1.54, 1.807) is 12.1 Å². The van der Waals surface area contributed by atoms with Crippen LogP contribution in [0.5, 0.6) is 0 Å². The van der Waals surface area contributed by atoms with Gasteiger partial charge in [-0.3, -0.25) is 4.79 Å². The summed E-state index contributed by atoms with van der Waals surface area (Å²) in [4.78, 5) is 26.4. The van der Waals surface area contributed by atoms with Gasteiger partial charge in [0.2, 0.25) is 0 Å². The summed E-state index contributed by atoms with van der Waals surface area (Å²) in [7, 11) is 3.85. The number of rotatable bonds is 8. The highest BCUT2D eigenvalue weighted by Gasteiger charge is 2.16. The number of carbonyl (C=O) groups excluding carboxylic acids is 2. The molecule has 0 saturated heterocycles. The lowest BCUT2D eigenvalue weighted by molar-refractivity contribution is -0.142. The predicted molar refractivity (Wildman–Crippen MR) is 123 cm³/mol. The molecule has 1 aromatic heterocycles. The van der Waals surface area contributed by atoms with Crippen LogP contribution in [0.25, 0.3) is 6.08 Å². The minimum absolute atomic E-state index is 0.145. The van der Waals surface area contributed by atoms with Crippen molar-refractivity contribution in [3.05, 3.63) is 52.9 Å². The second-order valence-electron chi connectivity index (χ2n) is 8.07. The van der Waals surface area contributed by atoms with Crippen molar-refractivity contribution < 1.29 is 14.3 Å². The normalized spacial score (nSPS) is 11.2. The molecule has 1 N–H and O–H groups in total. The van der Waals surface area contributed by atoms with E-state index in [1.807, 2.05) is 57.1 Å². The molecule has 0 aliphatic rings. The Balaban J connectivity index is 2.01. The third-order valence-electron chi connectivity index (χ3n) is 4.80. The van der Waals surface area contributed by atoms with E-state index in [2.05, 4.69) is 23.7 Å². The Morgan fingerprint density at radius 1 is 1.23 bits per heavy atom. The number of nitrogens with one attached hydrogen (secondary N) is 1. The number of benzene rings is 1. The molecule has 0 fully saturated rings. The van der Waals surface area contributed by atoms with Crippen LogP contribution in [0.1, 0.15) is 30.8 Å². The molecule has 0 aliphatic carbocycles. The van der Waals surface area contributed by atoms with Crippen LogP contribution in [0.15, 0.2) is 35.9 Å². The fourth-order valence-electron chi connectivity index (χ4n) is 3.16. The molecule has 0 aliphatic heterocycles. The second-order valence-corrected chi connectivity index (χ2v) is 8.07. The van der Waals surface area contributed by atoms with Gasteiger partial charge in [0.05, 0.1) is 0 Å². The number of carbonyl (C=O) groups is 2. The highest BCUT2D eigenvalue weighted by molar-refractivity contribution is 6.00. The molecule has 7 heteroatoms. The van der Waals surface area contributed by atoms with Crippen LogP contribution in [-0.4, -0.2) is 37.1 Å². The van der Waals surface area contributed by atoms with Crippen LogP contribution in [0.3, 0.4) is 0 Å². The summed E-state index contributed by atoms with van der Waals surface area (Å²) in [5.41, 5.74) is 4.28. The zero-order valence-corrected chi connectivity index (χ0v) is 19.0. The Morgan fingerprint density at radius 3 is 2.42 bits per heavy atom. The summed E-state index contributed by atoms with van der Waals surface area (Å²) in [6, 6.07) is 11.1. The first-order valence-electron chi connectivity index (χ1n) is 10.1. The first kappa shape index (κ1) is 23.7. The van der Waals surface area contributed by atoms with E-state index >= 15 is 0 Å². The quantitative estimate of drug-likeness (QED) is 0.396. The molecule has 1 amide bonds. The van der Waals surface area contributed by atoms with Gasteiger partial charge in [0.1, 0.15) is 11.6 Å². The third-order valence-corrected chi connectivity index (χ3v) is 4.80. The standard InChI is InChI=1S/C24H30N4O3/c1-16(2)14-28-17(3)11-19(18(28)4)12-20(13-25)24(30)31-15-23(29)26-21-7-9-22(10-8-21)27(5)6/h7-12,16H,14-15H2,1-6H3,(H,26,29)/b20-12+. The van der Waals surface area contributed by atoms with Gasteiger partial charge in [-0.25, -0.2) is 4.79 Å². The predicted octanol–water partition coefficient (Wildman–Crippen LogP) is 3.92. The molecule has 0 unspecified atom stereocenters. The second kappa shape index (κ2) is 10.5. The molecule has 0 saturated carbocycles. The molecule has 31 heavy (non-hydrogen) atoms. The van der Waals surface area contributed by atoms with E-state index < -0.39 is 18.5 Å².